The van der Waals surface area contributed by atoms with E-state index in [1.165, 1.54) is 0 Å². The molecule has 56 valence electrons. The number of hydrogen-bond donors (Lipinski definition) is 0. The van der Waals surface area contributed by atoms with Gasteiger partial charge in [0.05, 0.1) is 0 Å². The summed E-state index contributed by atoms with van der Waals surface area (Å²) in [6, 6.07) is 0. The summed E-state index contributed by atoms with van der Waals surface area (Å²) in [5.41, 5.74) is 0. The van der Waals surface area contributed by atoms with Crippen LogP contribution in [0.3, 0.4) is 0 Å². The minimum Gasteiger partial charge on any atom is -0.246 e. The monoisotopic (exact) mass is 200 g/mol. The van der Waals surface area contributed by atoms with Crippen LogP contribution in [-0.2, 0) is 0 Å². The molecule has 0 amide bonds. The third-order valence-electron chi connectivity index (χ3n) is 0.583. The minimum absolute atomic E-state index is 1.78. The van der Waals surface area contributed by atoms with E-state index in [1.54, 1.807) is 0 Å². The zero-order chi connectivity index (χ0) is 7.71. The Morgan fingerprint density at radius 1 is 1.11 bits per heavy atom. The molecule has 0 rings (SSSR count). The number of rotatable bonds is 2. The molecule has 1 atom stereocenters. The van der Waals surface area contributed by atoms with E-state index in [0.29, 0.717) is 0 Å². The van der Waals surface area contributed by atoms with E-state index in [9.17, 15) is 13.2 Å². The molecule has 0 saturated heterocycles. The lowest BCUT2D eigenvalue weighted by Crippen LogP contribution is -2.35. The van der Waals surface area contributed by atoms with Crippen molar-refractivity contribution in [3.8, 4) is 0 Å². The second kappa shape index (κ2) is 2.72. The highest BCUT2D eigenvalue weighted by molar-refractivity contribution is 6.51. The van der Waals surface area contributed by atoms with E-state index in [4.69, 9.17) is 0 Å². The van der Waals surface area contributed by atoms with Gasteiger partial charge in [0, 0.05) is 0 Å². The van der Waals surface area contributed by atoms with Gasteiger partial charge in [0.1, 0.15) is 6.67 Å². The molecule has 1 unspecified atom stereocenters. The van der Waals surface area contributed by atoms with Crippen LogP contribution in [0.2, 0.25) is 0 Å². The van der Waals surface area contributed by atoms with Crippen LogP contribution in [0.25, 0.3) is 0 Å². The van der Waals surface area contributed by atoms with Crippen molar-refractivity contribution in [3.63, 3.8) is 0 Å². The number of hydrogen-bond acceptors (Lipinski definition) is 0. The van der Waals surface area contributed by atoms with Crippen LogP contribution in [0.1, 0.15) is 0 Å². The molecule has 0 spiro atoms. The van der Waals surface area contributed by atoms with Crippen LogP contribution in [0.15, 0.2) is 0 Å². The molecule has 0 aromatic rings. The average molecular weight is 201 g/mol. The van der Waals surface area contributed by atoms with Crippen LogP contribution in [0.5, 0.6) is 0 Å². The van der Waals surface area contributed by atoms with Crippen molar-refractivity contribution < 1.29 is 13.2 Å². The predicted molar refractivity (Wildman–Crippen MR) is 31.2 cm³/mol. The molecule has 0 N–H and O–H groups in total. The lowest BCUT2D eigenvalue weighted by Gasteiger charge is -2.19. The van der Waals surface area contributed by atoms with E-state index >= 15 is 0 Å². The summed E-state index contributed by atoms with van der Waals surface area (Å²) in [7, 11) is 0. The standard InChI is InChI=1S/C3H2Cl3F3/c4-2(8,1-7)3(5,6)9/h1H2. The van der Waals surface area contributed by atoms with Gasteiger partial charge in [-0.05, 0) is 0 Å². The molecule has 0 aliphatic heterocycles. The largest absolute Gasteiger partial charge is 0.308 e. The maximum Gasteiger partial charge on any atom is 0.308 e. The number of alkyl halides is 6. The van der Waals surface area contributed by atoms with Gasteiger partial charge < -0.3 is 0 Å². The molecule has 0 saturated carbocycles. The molecular formula is C3H2Cl3F3. The Morgan fingerprint density at radius 2 is 1.44 bits per heavy atom. The van der Waals surface area contributed by atoms with Gasteiger partial charge in [-0.15, -0.1) is 0 Å². The summed E-state index contributed by atoms with van der Waals surface area (Å²) < 4.78 is 32.0. The summed E-state index contributed by atoms with van der Waals surface area (Å²) >= 11 is 13.5. The molecule has 0 aromatic heterocycles. The molecule has 0 radical (unpaired) electrons. The molecule has 0 heterocycles. The van der Waals surface area contributed by atoms with Crippen LogP contribution < -0.4 is 0 Å². The Bertz CT molecular complexity index is 97.0. The average Bonchev–Trinajstić information content (AvgIpc) is 1.64. The fourth-order valence-corrected chi connectivity index (χ4v) is 0.177. The van der Waals surface area contributed by atoms with Crippen molar-refractivity contribution in [2.75, 3.05) is 6.67 Å². The second-order valence-electron chi connectivity index (χ2n) is 1.34. The van der Waals surface area contributed by atoms with E-state index < -0.39 is 16.4 Å². The zero-order valence-electron chi connectivity index (χ0n) is 3.97. The molecule has 0 fully saturated rings. The van der Waals surface area contributed by atoms with Gasteiger partial charge in [-0.25, -0.2) is 13.2 Å². The molecule has 6 heteroatoms. The molecule has 0 aromatic carbocycles. The van der Waals surface area contributed by atoms with Crippen molar-refractivity contribution in [2.24, 2.45) is 0 Å². The fraction of sp³-hybridized carbons (Fsp3) is 1.00. The first kappa shape index (κ1) is 9.66. The smallest absolute Gasteiger partial charge is 0.246 e. The highest BCUT2D eigenvalue weighted by Gasteiger charge is 2.50. The summed E-state index contributed by atoms with van der Waals surface area (Å²) in [6.07, 6.45) is 0. The lowest BCUT2D eigenvalue weighted by molar-refractivity contribution is 0.123. The quantitative estimate of drug-likeness (QED) is 0.603. The van der Waals surface area contributed by atoms with E-state index in [1.807, 2.05) is 0 Å². The van der Waals surface area contributed by atoms with Crippen molar-refractivity contribution in [1.82, 2.24) is 0 Å². The second-order valence-corrected chi connectivity index (χ2v) is 3.17. The minimum atomic E-state index is -3.39. The molecule has 0 aliphatic carbocycles. The van der Waals surface area contributed by atoms with Gasteiger partial charge >= 0.3 is 4.59 Å². The Morgan fingerprint density at radius 3 is 1.44 bits per heavy atom. The first-order chi connectivity index (χ1) is 3.81. The summed E-state index contributed by atoms with van der Waals surface area (Å²) in [5, 5.41) is -3.35. The first-order valence-corrected chi connectivity index (χ1v) is 2.95. The highest BCUT2D eigenvalue weighted by Crippen LogP contribution is 2.41. The molecule has 9 heavy (non-hydrogen) atoms. The Hall–Kier alpha value is 0.660. The Balaban J connectivity index is 4.14. The molecule has 0 nitrogen and oxygen atoms in total. The summed E-state index contributed by atoms with van der Waals surface area (Å²) in [5.74, 6) is 0. The van der Waals surface area contributed by atoms with Gasteiger partial charge in [-0.2, -0.15) is 0 Å². The SMILES string of the molecule is FCC(F)(Cl)C(F)(Cl)Cl. The maximum atomic E-state index is 12.1. The van der Waals surface area contributed by atoms with Gasteiger partial charge in [0.25, 0.3) is 5.13 Å². The van der Waals surface area contributed by atoms with Gasteiger partial charge in [-0.1, -0.05) is 34.8 Å². The van der Waals surface area contributed by atoms with E-state index in [2.05, 4.69) is 34.8 Å². The highest BCUT2D eigenvalue weighted by atomic mass is 35.5. The van der Waals surface area contributed by atoms with Crippen molar-refractivity contribution in [2.45, 2.75) is 9.72 Å². The maximum absolute atomic E-state index is 12.1. The van der Waals surface area contributed by atoms with Crippen LogP contribution in [0.4, 0.5) is 13.2 Å². The number of halogens is 6. The zero-order valence-corrected chi connectivity index (χ0v) is 6.24. The summed E-state index contributed by atoms with van der Waals surface area (Å²) in [6.45, 7) is -1.78. The van der Waals surface area contributed by atoms with Gasteiger partial charge in [-0.3, -0.25) is 0 Å². The molecule has 0 aliphatic rings. The lowest BCUT2D eigenvalue weighted by atomic mass is 10.4. The van der Waals surface area contributed by atoms with Crippen LogP contribution in [-0.4, -0.2) is 16.4 Å². The molecular weight excluding hydrogens is 199 g/mol. The van der Waals surface area contributed by atoms with Gasteiger partial charge in [0.2, 0.25) is 0 Å². The third-order valence-corrected chi connectivity index (χ3v) is 1.74. The summed E-state index contributed by atoms with van der Waals surface area (Å²) in [4.78, 5) is 0. The Labute approximate surface area is 64.9 Å². The fourth-order valence-electron chi connectivity index (χ4n) is 0.0758. The van der Waals surface area contributed by atoms with Crippen molar-refractivity contribution in [3.05, 3.63) is 0 Å². The van der Waals surface area contributed by atoms with E-state index in [-0.39, 0.29) is 0 Å². The predicted octanol–water partition coefficient (Wildman–Crippen LogP) is 2.96. The van der Waals surface area contributed by atoms with Gasteiger partial charge in [0.15, 0.2) is 0 Å². The first-order valence-electron chi connectivity index (χ1n) is 1.82. The normalized spacial score (nSPS) is 19.3. The van der Waals surface area contributed by atoms with Crippen molar-refractivity contribution in [1.29, 1.82) is 0 Å². The Kier molecular flexibility index (Phi) is 2.92. The molecule has 0 bridgehead atoms. The van der Waals surface area contributed by atoms with Crippen LogP contribution >= 0.6 is 34.8 Å². The third kappa shape index (κ3) is 2.40. The van der Waals surface area contributed by atoms with Crippen molar-refractivity contribution >= 4 is 34.8 Å². The van der Waals surface area contributed by atoms with E-state index in [0.717, 1.165) is 0 Å². The van der Waals surface area contributed by atoms with Crippen LogP contribution in [0, 0.1) is 0 Å². The topological polar surface area (TPSA) is 0 Å².